The zero-order chi connectivity index (χ0) is 9.03. The molecule has 1 aliphatic carbocycles. The molecule has 0 amide bonds. The average molecular weight is 185 g/mol. The molecule has 70 valence electrons. The van der Waals surface area contributed by atoms with E-state index in [-0.39, 0.29) is 0 Å². The maximum atomic E-state index is 3.88. The Morgan fingerprint density at radius 1 is 1.58 bits per heavy atom. The van der Waals surface area contributed by atoms with Crippen molar-refractivity contribution in [2.45, 2.75) is 37.9 Å². The highest BCUT2D eigenvalue weighted by molar-refractivity contribution is 7.99. The highest BCUT2D eigenvalue weighted by atomic mass is 32.2. The molecule has 0 N–H and O–H groups in total. The topological polar surface area (TPSA) is 12.4 Å². The van der Waals surface area contributed by atoms with Crippen molar-refractivity contribution in [3.63, 3.8) is 0 Å². The van der Waals surface area contributed by atoms with E-state index in [0.29, 0.717) is 5.41 Å². The van der Waals surface area contributed by atoms with E-state index in [2.05, 4.69) is 24.9 Å². The number of aliphatic imine (C=N–C) groups is 1. The molecule has 0 radical (unpaired) electrons. The lowest BCUT2D eigenvalue weighted by Crippen LogP contribution is -2.36. The van der Waals surface area contributed by atoms with Gasteiger partial charge in [-0.25, -0.2) is 0 Å². The Labute approximate surface area is 80.0 Å². The molecule has 0 aromatic heterocycles. The molecular weight excluding hydrogens is 166 g/mol. The Hall–Kier alpha value is 0.0200. The van der Waals surface area contributed by atoms with Gasteiger partial charge in [0.1, 0.15) is 0 Å². The molecule has 1 fully saturated rings. The van der Waals surface area contributed by atoms with Crippen molar-refractivity contribution < 1.29 is 0 Å². The van der Waals surface area contributed by atoms with Gasteiger partial charge in [0.25, 0.3) is 0 Å². The van der Waals surface area contributed by atoms with Gasteiger partial charge in [0.15, 0.2) is 0 Å². The third-order valence-electron chi connectivity index (χ3n) is 2.87. The van der Waals surface area contributed by atoms with Gasteiger partial charge >= 0.3 is 0 Å². The highest BCUT2D eigenvalue weighted by Gasteiger charge is 2.38. The van der Waals surface area contributed by atoms with Gasteiger partial charge in [0.05, 0.1) is 0 Å². The molecule has 1 nitrogen and oxygen atoms in total. The van der Waals surface area contributed by atoms with E-state index in [1.54, 1.807) is 0 Å². The summed E-state index contributed by atoms with van der Waals surface area (Å²) in [4.78, 5) is 3.88. The van der Waals surface area contributed by atoms with Crippen LogP contribution in [-0.4, -0.2) is 24.8 Å². The predicted molar refractivity (Wildman–Crippen MR) is 58.3 cm³/mol. The summed E-state index contributed by atoms with van der Waals surface area (Å²) in [5, 5.41) is 0.937. The highest BCUT2D eigenvalue weighted by Crippen LogP contribution is 2.48. The molecule has 12 heavy (non-hydrogen) atoms. The number of nitrogens with zero attached hydrogens (tertiary/aromatic N) is 1. The van der Waals surface area contributed by atoms with Gasteiger partial charge in [-0.05, 0) is 44.1 Å². The van der Waals surface area contributed by atoms with E-state index in [1.807, 2.05) is 11.8 Å². The molecule has 0 unspecified atom stereocenters. The first-order chi connectivity index (χ1) is 5.70. The minimum absolute atomic E-state index is 0.637. The molecule has 0 spiro atoms. The Bertz CT molecular complexity index is 150. The summed E-state index contributed by atoms with van der Waals surface area (Å²) in [7, 11) is 0. The Kier molecular flexibility index (Phi) is 3.63. The Balaban J connectivity index is 2.12. The first kappa shape index (κ1) is 10.1. The number of hydrogen-bond acceptors (Lipinski definition) is 2. The second-order valence-corrected chi connectivity index (χ2v) is 5.27. The van der Waals surface area contributed by atoms with Crippen molar-refractivity contribution >= 4 is 18.5 Å². The zero-order valence-electron chi connectivity index (χ0n) is 8.18. The second kappa shape index (κ2) is 4.31. The molecule has 0 aliphatic heterocycles. The number of thioether (sulfide) groups is 1. The van der Waals surface area contributed by atoms with Gasteiger partial charge in [0, 0.05) is 11.8 Å². The Morgan fingerprint density at radius 3 is 2.75 bits per heavy atom. The quantitative estimate of drug-likeness (QED) is 0.474. The fourth-order valence-electron chi connectivity index (χ4n) is 2.03. The minimum atomic E-state index is 0.637. The van der Waals surface area contributed by atoms with Crippen LogP contribution in [0.4, 0.5) is 0 Å². The molecule has 0 saturated heterocycles. The first-order valence-electron chi connectivity index (χ1n) is 4.65. The van der Waals surface area contributed by atoms with Crippen LogP contribution in [0.2, 0.25) is 0 Å². The van der Waals surface area contributed by atoms with Gasteiger partial charge in [0.2, 0.25) is 0 Å². The minimum Gasteiger partial charge on any atom is -0.301 e. The molecule has 0 atom stereocenters. The molecular formula is C10H19NS. The summed E-state index contributed by atoms with van der Waals surface area (Å²) in [5.74, 6) is 0. The fourth-order valence-corrected chi connectivity index (χ4v) is 3.17. The summed E-state index contributed by atoms with van der Waals surface area (Å²) >= 11 is 2.02. The van der Waals surface area contributed by atoms with Gasteiger partial charge in [-0.15, -0.1) is 0 Å². The lowest BCUT2D eigenvalue weighted by molar-refractivity contribution is 0.153. The van der Waals surface area contributed by atoms with Crippen molar-refractivity contribution in [3.8, 4) is 0 Å². The lowest BCUT2D eigenvalue weighted by Gasteiger charge is -2.44. The van der Waals surface area contributed by atoms with E-state index in [4.69, 9.17) is 0 Å². The summed E-state index contributed by atoms with van der Waals surface area (Å²) < 4.78 is 0. The third kappa shape index (κ3) is 2.51. The van der Waals surface area contributed by atoms with E-state index >= 15 is 0 Å². The molecule has 0 aromatic carbocycles. The van der Waals surface area contributed by atoms with Gasteiger partial charge in [-0.3, -0.25) is 0 Å². The SMILES string of the molecule is C=NCCCC1(C)CC(SC)C1. The van der Waals surface area contributed by atoms with Crippen LogP contribution in [-0.2, 0) is 0 Å². The summed E-state index contributed by atoms with van der Waals surface area (Å²) in [6.07, 6.45) is 7.59. The summed E-state index contributed by atoms with van der Waals surface area (Å²) in [6, 6.07) is 0. The summed E-state index contributed by atoms with van der Waals surface area (Å²) in [5.41, 5.74) is 0.637. The second-order valence-electron chi connectivity index (χ2n) is 4.13. The Morgan fingerprint density at radius 2 is 2.25 bits per heavy atom. The van der Waals surface area contributed by atoms with Crippen molar-refractivity contribution in [3.05, 3.63) is 0 Å². The maximum absolute atomic E-state index is 3.88. The fraction of sp³-hybridized carbons (Fsp3) is 0.900. The van der Waals surface area contributed by atoms with Crippen LogP contribution in [0.5, 0.6) is 0 Å². The van der Waals surface area contributed by atoms with Crippen molar-refractivity contribution in [2.75, 3.05) is 12.8 Å². The van der Waals surface area contributed by atoms with Crippen LogP contribution in [0, 0.1) is 5.41 Å². The van der Waals surface area contributed by atoms with Crippen LogP contribution in [0.15, 0.2) is 4.99 Å². The first-order valence-corrected chi connectivity index (χ1v) is 5.94. The third-order valence-corrected chi connectivity index (χ3v) is 3.87. The molecule has 0 aromatic rings. The van der Waals surface area contributed by atoms with E-state index in [1.165, 1.54) is 25.7 Å². The van der Waals surface area contributed by atoms with Crippen molar-refractivity contribution in [1.82, 2.24) is 0 Å². The molecule has 2 heteroatoms. The van der Waals surface area contributed by atoms with Gasteiger partial charge in [-0.1, -0.05) is 6.92 Å². The standard InChI is InChI=1S/C10H19NS/c1-10(5-4-6-11-2)7-9(8-10)12-3/h9H,2,4-8H2,1,3H3. The van der Waals surface area contributed by atoms with Crippen LogP contribution < -0.4 is 0 Å². The van der Waals surface area contributed by atoms with Gasteiger partial charge < -0.3 is 4.99 Å². The smallest absolute Gasteiger partial charge is 0.0382 e. The van der Waals surface area contributed by atoms with Crippen LogP contribution in [0.25, 0.3) is 0 Å². The van der Waals surface area contributed by atoms with Crippen LogP contribution in [0.1, 0.15) is 32.6 Å². The lowest BCUT2D eigenvalue weighted by atomic mass is 9.67. The predicted octanol–water partition coefficient (Wildman–Crippen LogP) is 3.00. The largest absolute Gasteiger partial charge is 0.301 e. The normalized spacial score (nSPS) is 34.3. The molecule has 1 rings (SSSR count). The molecule has 0 bridgehead atoms. The van der Waals surface area contributed by atoms with Gasteiger partial charge in [-0.2, -0.15) is 11.8 Å². The van der Waals surface area contributed by atoms with E-state index in [0.717, 1.165) is 11.8 Å². The molecule has 0 heterocycles. The van der Waals surface area contributed by atoms with Crippen LogP contribution in [0.3, 0.4) is 0 Å². The number of hydrogen-bond donors (Lipinski definition) is 0. The van der Waals surface area contributed by atoms with E-state index in [9.17, 15) is 0 Å². The monoisotopic (exact) mass is 185 g/mol. The maximum Gasteiger partial charge on any atom is 0.0382 e. The number of rotatable bonds is 5. The van der Waals surface area contributed by atoms with E-state index < -0.39 is 0 Å². The average Bonchev–Trinajstić information content (AvgIpc) is 2.00. The van der Waals surface area contributed by atoms with Crippen molar-refractivity contribution in [1.29, 1.82) is 0 Å². The van der Waals surface area contributed by atoms with Crippen molar-refractivity contribution in [2.24, 2.45) is 10.4 Å². The molecule has 1 saturated carbocycles. The summed E-state index contributed by atoms with van der Waals surface area (Å²) in [6.45, 7) is 6.85. The molecule has 1 aliphatic rings. The van der Waals surface area contributed by atoms with Crippen LogP contribution >= 0.6 is 11.8 Å². The zero-order valence-corrected chi connectivity index (χ0v) is 8.99.